The van der Waals surface area contributed by atoms with Gasteiger partial charge in [0.25, 0.3) is 0 Å². The van der Waals surface area contributed by atoms with Gasteiger partial charge < -0.3 is 14.7 Å². The molecule has 2 atom stereocenters. The van der Waals surface area contributed by atoms with Crippen molar-refractivity contribution in [3.05, 3.63) is 29.3 Å². The number of benzene rings is 1. The van der Waals surface area contributed by atoms with E-state index >= 15 is 0 Å². The molecule has 0 aromatic heterocycles. The highest BCUT2D eigenvalue weighted by atomic mass is 16.5. The van der Waals surface area contributed by atoms with E-state index < -0.39 is 6.10 Å². The lowest BCUT2D eigenvalue weighted by Gasteiger charge is -2.27. The molecule has 0 heterocycles. The molecule has 0 amide bonds. The quantitative estimate of drug-likeness (QED) is 0.832. The summed E-state index contributed by atoms with van der Waals surface area (Å²) in [7, 11) is 2.09. The lowest BCUT2D eigenvalue weighted by Crippen LogP contribution is -2.39. The van der Waals surface area contributed by atoms with Gasteiger partial charge in [-0.3, -0.25) is 0 Å². The Bertz CT molecular complexity index is 443. The summed E-state index contributed by atoms with van der Waals surface area (Å²) >= 11 is 0. The minimum atomic E-state index is -0.443. The smallest absolute Gasteiger partial charge is 0.122 e. The van der Waals surface area contributed by atoms with E-state index in [0.717, 1.165) is 17.2 Å². The normalized spacial score (nSPS) is 18.1. The summed E-state index contributed by atoms with van der Waals surface area (Å²) in [5, 5.41) is 10.1. The lowest BCUT2D eigenvalue weighted by molar-refractivity contribution is 0.0620. The fourth-order valence-corrected chi connectivity index (χ4v) is 2.54. The van der Waals surface area contributed by atoms with Gasteiger partial charge in [-0.25, -0.2) is 0 Å². The van der Waals surface area contributed by atoms with Crippen LogP contribution >= 0.6 is 0 Å². The summed E-state index contributed by atoms with van der Waals surface area (Å²) in [4.78, 5) is 2.24. The van der Waals surface area contributed by atoms with E-state index in [1.165, 1.54) is 18.4 Å². The molecular weight excluding hydrogens is 250 g/mol. The molecule has 0 aliphatic heterocycles. The van der Waals surface area contributed by atoms with Gasteiger partial charge in [-0.1, -0.05) is 12.1 Å². The fourth-order valence-electron chi connectivity index (χ4n) is 2.54. The first-order valence-electron chi connectivity index (χ1n) is 7.55. The highest BCUT2D eigenvalue weighted by Crippen LogP contribution is 2.34. The summed E-state index contributed by atoms with van der Waals surface area (Å²) in [6, 6.07) is 6.71. The molecule has 2 unspecified atom stereocenters. The van der Waals surface area contributed by atoms with Crippen LogP contribution in [0.5, 0.6) is 5.75 Å². The van der Waals surface area contributed by atoms with Crippen LogP contribution in [0.1, 0.15) is 30.9 Å². The van der Waals surface area contributed by atoms with Gasteiger partial charge in [-0.15, -0.1) is 0 Å². The maximum atomic E-state index is 10.1. The lowest BCUT2D eigenvalue weighted by atomic mass is 10.1. The Labute approximate surface area is 122 Å². The molecule has 20 heavy (non-hydrogen) atoms. The molecule has 1 aliphatic carbocycles. The average Bonchev–Trinajstić information content (AvgIpc) is 3.23. The summed E-state index contributed by atoms with van der Waals surface area (Å²) in [6.07, 6.45) is 2.22. The Balaban J connectivity index is 1.79. The third kappa shape index (κ3) is 4.22. The monoisotopic (exact) mass is 277 g/mol. The van der Waals surface area contributed by atoms with E-state index in [9.17, 15) is 5.11 Å². The maximum Gasteiger partial charge on any atom is 0.122 e. The number of hydrogen-bond acceptors (Lipinski definition) is 3. The topological polar surface area (TPSA) is 32.7 Å². The molecule has 1 aromatic carbocycles. The molecule has 1 fully saturated rings. The summed E-state index contributed by atoms with van der Waals surface area (Å²) in [5.74, 6) is 1.70. The first-order chi connectivity index (χ1) is 9.47. The second-order valence-electron chi connectivity index (χ2n) is 6.25. The molecule has 0 radical (unpaired) electrons. The van der Waals surface area contributed by atoms with Gasteiger partial charge in [0.05, 0.1) is 0 Å². The largest absolute Gasteiger partial charge is 0.491 e. The maximum absolute atomic E-state index is 10.1. The van der Waals surface area contributed by atoms with Gasteiger partial charge in [0.15, 0.2) is 0 Å². The fraction of sp³-hybridized carbons (Fsp3) is 0.647. The second-order valence-corrected chi connectivity index (χ2v) is 6.25. The van der Waals surface area contributed by atoms with Crippen LogP contribution in [-0.2, 0) is 0 Å². The molecule has 0 bridgehead atoms. The molecule has 1 N–H and O–H groups in total. The van der Waals surface area contributed by atoms with Crippen LogP contribution in [0.25, 0.3) is 0 Å². The third-order valence-electron chi connectivity index (χ3n) is 4.27. The van der Waals surface area contributed by atoms with Gasteiger partial charge in [-0.2, -0.15) is 0 Å². The van der Waals surface area contributed by atoms with Gasteiger partial charge in [-0.05, 0) is 63.8 Å². The van der Waals surface area contributed by atoms with Crippen LogP contribution in [-0.4, -0.2) is 42.4 Å². The minimum Gasteiger partial charge on any atom is -0.491 e. The second kappa shape index (κ2) is 6.59. The molecule has 2 rings (SSSR count). The highest BCUT2D eigenvalue weighted by Gasteiger charge is 2.31. The zero-order valence-corrected chi connectivity index (χ0v) is 13.1. The van der Waals surface area contributed by atoms with Gasteiger partial charge in [0.1, 0.15) is 18.5 Å². The molecule has 0 saturated heterocycles. The van der Waals surface area contributed by atoms with Crippen LogP contribution in [0.15, 0.2) is 18.2 Å². The number of hydrogen-bond donors (Lipinski definition) is 1. The molecule has 112 valence electrons. The van der Waals surface area contributed by atoms with Crippen molar-refractivity contribution in [2.24, 2.45) is 5.92 Å². The number of nitrogens with zero attached hydrogens (tertiary/aromatic N) is 1. The predicted octanol–water partition coefficient (Wildman–Crippen LogP) is 2.77. The Kier molecular flexibility index (Phi) is 5.06. The SMILES string of the molecule is Cc1ccc(C)c(OCC(O)CN(C)C(C)C2CC2)c1. The average molecular weight is 277 g/mol. The number of ether oxygens (including phenoxy) is 1. The molecule has 3 nitrogen and oxygen atoms in total. The number of aryl methyl sites for hydroxylation is 2. The van der Waals surface area contributed by atoms with E-state index in [2.05, 4.69) is 31.0 Å². The molecule has 3 heteroatoms. The van der Waals surface area contributed by atoms with Gasteiger partial charge in [0.2, 0.25) is 0 Å². The van der Waals surface area contributed by atoms with Crippen LogP contribution in [0.2, 0.25) is 0 Å². The summed E-state index contributed by atoms with van der Waals surface area (Å²) in [5.41, 5.74) is 2.29. The van der Waals surface area contributed by atoms with Gasteiger partial charge in [0, 0.05) is 12.6 Å². The number of rotatable bonds is 7. The Hall–Kier alpha value is -1.06. The van der Waals surface area contributed by atoms with Gasteiger partial charge >= 0.3 is 0 Å². The summed E-state index contributed by atoms with van der Waals surface area (Å²) < 4.78 is 5.76. The zero-order valence-electron chi connectivity index (χ0n) is 13.1. The standard InChI is InChI=1S/C17H27NO2/c1-12-5-6-13(2)17(9-12)20-11-16(19)10-18(4)14(3)15-7-8-15/h5-6,9,14-16,19H,7-8,10-11H2,1-4H3. The van der Waals surface area contributed by atoms with E-state index in [1.54, 1.807) is 0 Å². The van der Waals surface area contributed by atoms with Crippen molar-refractivity contribution in [1.29, 1.82) is 0 Å². The third-order valence-corrected chi connectivity index (χ3v) is 4.27. The zero-order chi connectivity index (χ0) is 14.7. The molecule has 0 spiro atoms. The highest BCUT2D eigenvalue weighted by molar-refractivity contribution is 5.35. The molecule has 1 saturated carbocycles. The predicted molar refractivity (Wildman–Crippen MR) is 82.2 cm³/mol. The van der Waals surface area contributed by atoms with Crippen molar-refractivity contribution in [2.45, 2.75) is 45.8 Å². The van der Waals surface area contributed by atoms with Crippen molar-refractivity contribution in [3.63, 3.8) is 0 Å². The van der Waals surface area contributed by atoms with Crippen molar-refractivity contribution in [2.75, 3.05) is 20.2 Å². The van der Waals surface area contributed by atoms with Crippen LogP contribution in [0, 0.1) is 19.8 Å². The molecule has 1 aliphatic rings. The first-order valence-corrected chi connectivity index (χ1v) is 7.55. The summed E-state index contributed by atoms with van der Waals surface area (Å²) in [6.45, 7) is 7.35. The molecule has 1 aromatic rings. The first kappa shape index (κ1) is 15.3. The van der Waals surface area contributed by atoms with Crippen LogP contribution in [0.3, 0.4) is 0 Å². The van der Waals surface area contributed by atoms with E-state index in [4.69, 9.17) is 4.74 Å². The van der Waals surface area contributed by atoms with Crippen LogP contribution < -0.4 is 4.74 Å². The Morgan fingerprint density at radius 2 is 2.05 bits per heavy atom. The van der Waals surface area contributed by atoms with Crippen molar-refractivity contribution in [3.8, 4) is 5.75 Å². The van der Waals surface area contributed by atoms with Crippen molar-refractivity contribution >= 4 is 0 Å². The number of likely N-dealkylation sites (N-methyl/N-ethyl adjacent to an activating group) is 1. The number of aliphatic hydroxyl groups is 1. The van der Waals surface area contributed by atoms with Crippen molar-refractivity contribution in [1.82, 2.24) is 4.90 Å². The molecular formula is C17H27NO2. The van der Waals surface area contributed by atoms with Crippen molar-refractivity contribution < 1.29 is 9.84 Å². The van der Waals surface area contributed by atoms with Crippen LogP contribution in [0.4, 0.5) is 0 Å². The Morgan fingerprint density at radius 1 is 1.35 bits per heavy atom. The Morgan fingerprint density at radius 3 is 2.70 bits per heavy atom. The van der Waals surface area contributed by atoms with E-state index in [1.807, 2.05) is 19.9 Å². The minimum absolute atomic E-state index is 0.353. The van der Waals surface area contributed by atoms with E-state index in [-0.39, 0.29) is 0 Å². The van der Waals surface area contributed by atoms with E-state index in [0.29, 0.717) is 19.2 Å². The number of aliphatic hydroxyl groups excluding tert-OH is 1.